The van der Waals surface area contributed by atoms with Crippen LogP contribution < -0.4 is 11.1 Å². The summed E-state index contributed by atoms with van der Waals surface area (Å²) in [5.41, 5.74) is 9.07. The molecule has 1 aromatic heterocycles. The maximum Gasteiger partial charge on any atom is 0.250 e. The van der Waals surface area contributed by atoms with Crippen molar-refractivity contribution in [1.29, 1.82) is 0 Å². The molecule has 0 unspecified atom stereocenters. The number of nitrogens with one attached hydrogen (secondary N) is 1. The summed E-state index contributed by atoms with van der Waals surface area (Å²) in [6.45, 7) is 2.00. The van der Waals surface area contributed by atoms with E-state index in [0.717, 1.165) is 23.9 Å². The topological polar surface area (TPSA) is 88.2 Å². The molecular formula is C21H23N3O2. The summed E-state index contributed by atoms with van der Waals surface area (Å²) in [5.74, 6) is -0.515. The monoisotopic (exact) mass is 349 g/mol. The van der Waals surface area contributed by atoms with Crippen molar-refractivity contribution < 1.29 is 9.90 Å². The molecule has 0 bridgehead atoms. The molecule has 1 atom stereocenters. The van der Waals surface area contributed by atoms with Crippen molar-refractivity contribution in [3.63, 3.8) is 0 Å². The van der Waals surface area contributed by atoms with E-state index >= 15 is 0 Å². The second kappa shape index (κ2) is 7.97. The van der Waals surface area contributed by atoms with E-state index in [0.29, 0.717) is 16.6 Å². The molecule has 2 aromatic carbocycles. The van der Waals surface area contributed by atoms with Gasteiger partial charge in [-0.2, -0.15) is 0 Å². The smallest absolute Gasteiger partial charge is 0.250 e. The van der Waals surface area contributed by atoms with Gasteiger partial charge < -0.3 is 16.2 Å². The molecule has 0 saturated heterocycles. The molecule has 3 aromatic rings. The Balaban J connectivity index is 2.13. The molecule has 0 radical (unpaired) electrons. The summed E-state index contributed by atoms with van der Waals surface area (Å²) >= 11 is 0. The van der Waals surface area contributed by atoms with Crippen molar-refractivity contribution in [3.05, 3.63) is 71.4 Å². The fourth-order valence-electron chi connectivity index (χ4n) is 3.22. The SMILES string of the molecule is CCC[C@@H](Nc1c(CO)cnc2c(C(N)=O)cccc12)c1ccccc1. The normalized spacial score (nSPS) is 12.1. The Bertz CT molecular complexity index is 910. The third-order valence-electron chi connectivity index (χ3n) is 4.51. The predicted molar refractivity (Wildman–Crippen MR) is 104 cm³/mol. The molecule has 0 spiro atoms. The standard InChI is InChI=1S/C21H23N3O2/c1-2-7-18(14-8-4-3-5-9-14)24-19-15(13-25)12-23-20-16(19)10-6-11-17(20)21(22)26/h3-6,8-12,18,25H,2,7,13H2,1H3,(H2,22,26)(H,23,24)/t18-/m1/s1. The van der Waals surface area contributed by atoms with Gasteiger partial charge in [-0.05, 0) is 18.1 Å². The van der Waals surface area contributed by atoms with Crippen LogP contribution in [0.5, 0.6) is 0 Å². The van der Waals surface area contributed by atoms with E-state index in [2.05, 4.69) is 29.4 Å². The first-order valence-electron chi connectivity index (χ1n) is 8.78. The first-order valence-corrected chi connectivity index (χ1v) is 8.78. The van der Waals surface area contributed by atoms with Gasteiger partial charge in [0.05, 0.1) is 29.4 Å². The van der Waals surface area contributed by atoms with E-state index in [9.17, 15) is 9.90 Å². The summed E-state index contributed by atoms with van der Waals surface area (Å²) < 4.78 is 0. The molecule has 5 nitrogen and oxygen atoms in total. The average molecular weight is 349 g/mol. The molecule has 1 heterocycles. The van der Waals surface area contributed by atoms with Gasteiger partial charge in [0.1, 0.15) is 0 Å². The third kappa shape index (κ3) is 3.53. The Hall–Kier alpha value is -2.92. The van der Waals surface area contributed by atoms with Gasteiger partial charge >= 0.3 is 0 Å². The van der Waals surface area contributed by atoms with E-state index in [4.69, 9.17) is 5.73 Å². The van der Waals surface area contributed by atoms with Crippen LogP contribution in [0.2, 0.25) is 0 Å². The second-order valence-corrected chi connectivity index (χ2v) is 6.28. The van der Waals surface area contributed by atoms with E-state index in [-0.39, 0.29) is 12.6 Å². The van der Waals surface area contributed by atoms with Gasteiger partial charge in [-0.15, -0.1) is 0 Å². The van der Waals surface area contributed by atoms with Crippen molar-refractivity contribution in [2.24, 2.45) is 5.73 Å². The summed E-state index contributed by atoms with van der Waals surface area (Å²) in [6, 6.07) is 15.6. The third-order valence-corrected chi connectivity index (χ3v) is 4.51. The molecule has 5 heteroatoms. The average Bonchev–Trinajstić information content (AvgIpc) is 2.67. The van der Waals surface area contributed by atoms with Crippen LogP contribution in [0.4, 0.5) is 5.69 Å². The highest BCUT2D eigenvalue weighted by atomic mass is 16.3. The van der Waals surface area contributed by atoms with Crippen molar-refractivity contribution >= 4 is 22.5 Å². The summed E-state index contributed by atoms with van der Waals surface area (Å²) in [5, 5.41) is 14.2. The number of carbonyl (C=O) groups excluding carboxylic acids is 1. The summed E-state index contributed by atoms with van der Waals surface area (Å²) in [7, 11) is 0. The second-order valence-electron chi connectivity index (χ2n) is 6.28. The molecule has 0 aliphatic heterocycles. The predicted octanol–water partition coefficient (Wildman–Crippen LogP) is 3.78. The maximum absolute atomic E-state index is 11.7. The molecule has 0 aliphatic rings. The van der Waals surface area contributed by atoms with Gasteiger partial charge in [-0.1, -0.05) is 55.8 Å². The van der Waals surface area contributed by atoms with Gasteiger partial charge in [0.15, 0.2) is 0 Å². The van der Waals surface area contributed by atoms with Crippen LogP contribution in [0.15, 0.2) is 54.7 Å². The molecule has 0 aliphatic carbocycles. The van der Waals surface area contributed by atoms with E-state index in [1.807, 2.05) is 24.3 Å². The zero-order valence-corrected chi connectivity index (χ0v) is 14.8. The minimum absolute atomic E-state index is 0.0920. The number of amides is 1. The van der Waals surface area contributed by atoms with Crippen molar-refractivity contribution in [1.82, 2.24) is 4.98 Å². The number of aromatic nitrogens is 1. The number of carbonyl (C=O) groups is 1. The number of anilines is 1. The largest absolute Gasteiger partial charge is 0.392 e. The number of rotatable bonds is 7. The fraction of sp³-hybridized carbons (Fsp3) is 0.238. The zero-order valence-electron chi connectivity index (χ0n) is 14.8. The van der Waals surface area contributed by atoms with Crippen LogP contribution in [0.1, 0.15) is 47.3 Å². The molecule has 4 N–H and O–H groups in total. The van der Waals surface area contributed by atoms with Crippen LogP contribution >= 0.6 is 0 Å². The van der Waals surface area contributed by atoms with Crippen molar-refractivity contribution in [2.45, 2.75) is 32.4 Å². The molecule has 0 fully saturated rings. The van der Waals surface area contributed by atoms with Crippen LogP contribution in [-0.2, 0) is 6.61 Å². The molecule has 26 heavy (non-hydrogen) atoms. The zero-order chi connectivity index (χ0) is 18.5. The first-order chi connectivity index (χ1) is 12.7. The molecule has 0 saturated carbocycles. The van der Waals surface area contributed by atoms with E-state index < -0.39 is 5.91 Å². The Morgan fingerprint density at radius 3 is 2.62 bits per heavy atom. The van der Waals surface area contributed by atoms with Crippen molar-refractivity contribution in [2.75, 3.05) is 5.32 Å². The number of nitrogens with zero attached hydrogens (tertiary/aromatic N) is 1. The first kappa shape index (κ1) is 17.9. The van der Waals surface area contributed by atoms with Crippen LogP contribution in [0.25, 0.3) is 10.9 Å². The van der Waals surface area contributed by atoms with Gasteiger partial charge in [0.2, 0.25) is 0 Å². The Morgan fingerprint density at radius 2 is 1.96 bits per heavy atom. The highest BCUT2D eigenvalue weighted by Gasteiger charge is 2.17. The van der Waals surface area contributed by atoms with Crippen molar-refractivity contribution in [3.8, 4) is 0 Å². The van der Waals surface area contributed by atoms with Gasteiger partial charge in [0, 0.05) is 17.1 Å². The minimum atomic E-state index is -0.515. The lowest BCUT2D eigenvalue weighted by atomic mass is 9.99. The lowest BCUT2D eigenvalue weighted by Gasteiger charge is -2.23. The number of pyridine rings is 1. The van der Waals surface area contributed by atoms with Crippen LogP contribution in [0, 0.1) is 0 Å². The quantitative estimate of drug-likeness (QED) is 0.606. The number of benzene rings is 2. The van der Waals surface area contributed by atoms with Gasteiger partial charge in [-0.25, -0.2) is 0 Å². The summed E-state index contributed by atoms with van der Waals surface area (Å²) in [4.78, 5) is 16.1. The highest BCUT2D eigenvalue weighted by molar-refractivity contribution is 6.08. The molecule has 1 amide bonds. The number of aliphatic hydroxyl groups excluding tert-OH is 1. The lowest BCUT2D eigenvalue weighted by molar-refractivity contribution is 0.100. The van der Waals surface area contributed by atoms with Crippen LogP contribution in [-0.4, -0.2) is 16.0 Å². The highest BCUT2D eigenvalue weighted by Crippen LogP contribution is 2.32. The number of hydrogen-bond donors (Lipinski definition) is 3. The minimum Gasteiger partial charge on any atom is -0.392 e. The molecule has 3 rings (SSSR count). The number of fused-ring (bicyclic) bond motifs is 1. The molecule has 134 valence electrons. The number of para-hydroxylation sites is 1. The fourth-order valence-corrected chi connectivity index (χ4v) is 3.22. The van der Waals surface area contributed by atoms with Crippen LogP contribution in [0.3, 0.4) is 0 Å². The van der Waals surface area contributed by atoms with Gasteiger partial charge in [-0.3, -0.25) is 9.78 Å². The van der Waals surface area contributed by atoms with E-state index in [1.54, 1.807) is 18.3 Å². The summed E-state index contributed by atoms with van der Waals surface area (Å²) in [6.07, 6.45) is 3.55. The Kier molecular flexibility index (Phi) is 5.49. The van der Waals surface area contributed by atoms with Gasteiger partial charge in [0.25, 0.3) is 5.91 Å². The number of nitrogens with two attached hydrogens (primary N) is 1. The maximum atomic E-state index is 11.7. The van der Waals surface area contributed by atoms with E-state index in [1.165, 1.54) is 5.56 Å². The number of primary amides is 1. The Morgan fingerprint density at radius 1 is 1.19 bits per heavy atom. The molecular weight excluding hydrogens is 326 g/mol. The lowest BCUT2D eigenvalue weighted by Crippen LogP contribution is -2.15. The number of aliphatic hydroxyl groups is 1. The Labute approximate surface area is 152 Å². The number of hydrogen-bond acceptors (Lipinski definition) is 4.